The summed E-state index contributed by atoms with van der Waals surface area (Å²) in [5.41, 5.74) is 7.72. The predicted molar refractivity (Wildman–Crippen MR) is 68.3 cm³/mol. The molecule has 1 aromatic carbocycles. The summed E-state index contributed by atoms with van der Waals surface area (Å²) in [6, 6.07) is 10.6. The molecule has 17 heavy (non-hydrogen) atoms. The molecule has 0 bridgehead atoms. The Morgan fingerprint density at radius 2 is 2.18 bits per heavy atom. The van der Waals surface area contributed by atoms with Crippen molar-refractivity contribution in [2.24, 2.45) is 5.73 Å². The van der Waals surface area contributed by atoms with Crippen LogP contribution in [0.25, 0.3) is 0 Å². The van der Waals surface area contributed by atoms with E-state index < -0.39 is 0 Å². The van der Waals surface area contributed by atoms with Crippen molar-refractivity contribution in [1.82, 2.24) is 4.90 Å². The third-order valence-electron chi connectivity index (χ3n) is 3.53. The van der Waals surface area contributed by atoms with Crippen molar-refractivity contribution in [2.45, 2.75) is 31.8 Å². The Hall–Kier alpha value is -1.37. The second-order valence-corrected chi connectivity index (χ2v) is 4.62. The zero-order chi connectivity index (χ0) is 12.1. The average molecular weight is 229 g/mol. The van der Waals surface area contributed by atoms with E-state index >= 15 is 0 Å². The molecular formula is C14H19N3. The number of hydrogen-bond acceptors (Lipinski definition) is 3. The van der Waals surface area contributed by atoms with Gasteiger partial charge in [-0.25, -0.2) is 0 Å². The van der Waals surface area contributed by atoms with Gasteiger partial charge < -0.3 is 5.73 Å². The molecule has 0 amide bonds. The summed E-state index contributed by atoms with van der Waals surface area (Å²) in [4.78, 5) is 2.42. The highest BCUT2D eigenvalue weighted by Gasteiger charge is 2.21. The minimum Gasteiger partial charge on any atom is -0.329 e. The number of nitrogens with zero attached hydrogens (tertiary/aromatic N) is 2. The van der Waals surface area contributed by atoms with Crippen LogP contribution in [0, 0.1) is 11.3 Å². The second kappa shape index (κ2) is 5.81. The molecule has 1 aromatic rings. The number of benzene rings is 1. The molecule has 2 rings (SSSR count). The van der Waals surface area contributed by atoms with E-state index in [0.717, 1.165) is 24.2 Å². The van der Waals surface area contributed by atoms with E-state index in [4.69, 9.17) is 11.0 Å². The van der Waals surface area contributed by atoms with Gasteiger partial charge in [0.1, 0.15) is 0 Å². The maximum Gasteiger partial charge on any atom is 0.0995 e. The second-order valence-electron chi connectivity index (χ2n) is 4.62. The maximum atomic E-state index is 9.08. The first-order valence-corrected chi connectivity index (χ1v) is 6.27. The van der Waals surface area contributed by atoms with Gasteiger partial charge in [0.05, 0.1) is 11.6 Å². The number of rotatable bonds is 3. The molecule has 2 N–H and O–H groups in total. The highest BCUT2D eigenvalue weighted by molar-refractivity contribution is 5.37. The van der Waals surface area contributed by atoms with Gasteiger partial charge in [0, 0.05) is 19.1 Å². The van der Waals surface area contributed by atoms with E-state index in [9.17, 15) is 0 Å². The number of hydrogen-bond donors (Lipinski definition) is 1. The topological polar surface area (TPSA) is 53.0 Å². The first kappa shape index (κ1) is 12.1. The molecule has 90 valence electrons. The molecule has 3 nitrogen and oxygen atoms in total. The van der Waals surface area contributed by atoms with Gasteiger partial charge in [0.15, 0.2) is 0 Å². The molecule has 0 aliphatic carbocycles. The minimum atomic E-state index is 0.482. The smallest absolute Gasteiger partial charge is 0.0995 e. The molecule has 1 aliphatic rings. The van der Waals surface area contributed by atoms with Crippen LogP contribution in [0.1, 0.15) is 30.4 Å². The normalized spacial score (nSPS) is 21.1. The maximum absolute atomic E-state index is 9.08. The monoisotopic (exact) mass is 229 g/mol. The van der Waals surface area contributed by atoms with E-state index in [-0.39, 0.29) is 0 Å². The van der Waals surface area contributed by atoms with Crippen LogP contribution in [-0.2, 0) is 6.54 Å². The van der Waals surface area contributed by atoms with Crippen LogP contribution < -0.4 is 5.73 Å². The van der Waals surface area contributed by atoms with Gasteiger partial charge in [-0.3, -0.25) is 4.90 Å². The lowest BCUT2D eigenvalue weighted by molar-refractivity contribution is 0.145. The van der Waals surface area contributed by atoms with E-state index in [2.05, 4.69) is 11.0 Å². The summed E-state index contributed by atoms with van der Waals surface area (Å²) in [7, 11) is 0. The molecule has 0 saturated carbocycles. The van der Waals surface area contributed by atoms with Gasteiger partial charge in [0.25, 0.3) is 0 Å². The third-order valence-corrected chi connectivity index (χ3v) is 3.53. The molecule has 1 atom stereocenters. The lowest BCUT2D eigenvalue weighted by Crippen LogP contribution is -2.43. The Kier molecular flexibility index (Phi) is 4.13. The molecule has 1 saturated heterocycles. The molecule has 1 fully saturated rings. The van der Waals surface area contributed by atoms with Crippen LogP contribution in [0.4, 0.5) is 0 Å². The standard InChI is InChI=1S/C14H19N3/c15-9-12-5-1-2-6-13(12)11-17-8-4-3-7-14(17)10-16/h1-2,5-6,14H,3-4,7-8,10-11,16H2/t14-/m0/s1. The zero-order valence-electron chi connectivity index (χ0n) is 10.1. The number of nitriles is 1. The van der Waals surface area contributed by atoms with Gasteiger partial charge in [-0.15, -0.1) is 0 Å². The van der Waals surface area contributed by atoms with Crippen molar-refractivity contribution >= 4 is 0 Å². The van der Waals surface area contributed by atoms with Crippen molar-refractivity contribution in [3.8, 4) is 6.07 Å². The Labute approximate surface area is 103 Å². The van der Waals surface area contributed by atoms with Crippen LogP contribution in [0.15, 0.2) is 24.3 Å². The summed E-state index contributed by atoms with van der Waals surface area (Å²) in [5.74, 6) is 0. The average Bonchev–Trinajstić information content (AvgIpc) is 2.40. The van der Waals surface area contributed by atoms with E-state index in [1.165, 1.54) is 19.3 Å². The predicted octanol–water partition coefficient (Wildman–Crippen LogP) is 1.87. The van der Waals surface area contributed by atoms with Gasteiger partial charge in [-0.05, 0) is 31.0 Å². The van der Waals surface area contributed by atoms with Crippen molar-refractivity contribution in [3.05, 3.63) is 35.4 Å². The first-order chi connectivity index (χ1) is 8.35. The van der Waals surface area contributed by atoms with Gasteiger partial charge >= 0.3 is 0 Å². The summed E-state index contributed by atoms with van der Waals surface area (Å²) in [6.45, 7) is 2.67. The number of piperidine rings is 1. The van der Waals surface area contributed by atoms with Crippen LogP contribution in [0.5, 0.6) is 0 Å². The van der Waals surface area contributed by atoms with Crippen LogP contribution >= 0.6 is 0 Å². The van der Waals surface area contributed by atoms with Crippen molar-refractivity contribution in [1.29, 1.82) is 5.26 Å². The Bertz CT molecular complexity index is 408. The molecule has 0 spiro atoms. The van der Waals surface area contributed by atoms with E-state index in [0.29, 0.717) is 12.6 Å². The molecule has 0 aromatic heterocycles. The molecule has 3 heteroatoms. The summed E-state index contributed by atoms with van der Waals surface area (Å²) < 4.78 is 0. The fourth-order valence-electron chi connectivity index (χ4n) is 2.52. The molecule has 1 aliphatic heterocycles. The Morgan fingerprint density at radius 1 is 1.35 bits per heavy atom. The Balaban J connectivity index is 2.11. The fourth-order valence-corrected chi connectivity index (χ4v) is 2.52. The lowest BCUT2D eigenvalue weighted by Gasteiger charge is -2.35. The van der Waals surface area contributed by atoms with Crippen LogP contribution in [0.3, 0.4) is 0 Å². The van der Waals surface area contributed by atoms with Crippen LogP contribution in [0.2, 0.25) is 0 Å². The molecule has 0 unspecified atom stereocenters. The summed E-state index contributed by atoms with van der Waals surface area (Å²) in [5, 5.41) is 9.08. The number of likely N-dealkylation sites (tertiary alicyclic amines) is 1. The third kappa shape index (κ3) is 2.85. The SMILES string of the molecule is N#Cc1ccccc1CN1CCCC[C@H]1CN. The van der Waals surface area contributed by atoms with Gasteiger partial charge in [0.2, 0.25) is 0 Å². The van der Waals surface area contributed by atoms with E-state index in [1.54, 1.807) is 0 Å². The van der Waals surface area contributed by atoms with Crippen LogP contribution in [-0.4, -0.2) is 24.0 Å². The Morgan fingerprint density at radius 3 is 2.94 bits per heavy atom. The molecule has 0 radical (unpaired) electrons. The largest absolute Gasteiger partial charge is 0.329 e. The van der Waals surface area contributed by atoms with Gasteiger partial charge in [-0.2, -0.15) is 5.26 Å². The van der Waals surface area contributed by atoms with Gasteiger partial charge in [-0.1, -0.05) is 24.6 Å². The number of nitrogens with two attached hydrogens (primary N) is 1. The highest BCUT2D eigenvalue weighted by atomic mass is 15.2. The highest BCUT2D eigenvalue weighted by Crippen LogP contribution is 2.20. The first-order valence-electron chi connectivity index (χ1n) is 6.27. The lowest BCUT2D eigenvalue weighted by atomic mass is 10.00. The zero-order valence-corrected chi connectivity index (χ0v) is 10.1. The van der Waals surface area contributed by atoms with Crippen molar-refractivity contribution < 1.29 is 0 Å². The van der Waals surface area contributed by atoms with E-state index in [1.807, 2.05) is 24.3 Å². The summed E-state index contributed by atoms with van der Waals surface area (Å²) in [6.07, 6.45) is 3.70. The molecular weight excluding hydrogens is 210 g/mol. The molecule has 1 heterocycles. The quantitative estimate of drug-likeness (QED) is 0.861. The van der Waals surface area contributed by atoms with Crippen molar-refractivity contribution in [3.63, 3.8) is 0 Å². The summed E-state index contributed by atoms with van der Waals surface area (Å²) >= 11 is 0. The fraction of sp³-hybridized carbons (Fsp3) is 0.500. The minimum absolute atomic E-state index is 0.482. The van der Waals surface area contributed by atoms with Crippen molar-refractivity contribution in [2.75, 3.05) is 13.1 Å².